The Morgan fingerprint density at radius 3 is 2.58 bits per heavy atom. The maximum Gasteiger partial charge on any atom is 0.254 e. The van der Waals surface area contributed by atoms with E-state index in [0.717, 1.165) is 32.5 Å². The first-order chi connectivity index (χ1) is 15.1. The van der Waals surface area contributed by atoms with Gasteiger partial charge in [0.15, 0.2) is 5.65 Å². The van der Waals surface area contributed by atoms with Crippen LogP contribution in [0.25, 0.3) is 16.6 Å². The molecule has 2 aromatic carbocycles. The van der Waals surface area contributed by atoms with Crippen molar-refractivity contribution in [2.45, 2.75) is 26.9 Å². The molecule has 1 amide bonds. The van der Waals surface area contributed by atoms with Crippen LogP contribution in [0.5, 0.6) is 0 Å². The molecule has 0 aliphatic heterocycles. The number of fused-ring (bicyclic) bond motifs is 3. The third-order valence-corrected chi connectivity index (χ3v) is 6.23. The minimum atomic E-state index is -0.0108. The van der Waals surface area contributed by atoms with Gasteiger partial charge in [0, 0.05) is 21.4 Å². The number of aromatic nitrogens is 4. The lowest BCUT2D eigenvalue weighted by Crippen LogP contribution is -2.30. The third kappa shape index (κ3) is 3.80. The molecule has 5 aromatic rings. The number of tetrazole rings is 1. The van der Waals surface area contributed by atoms with Crippen LogP contribution in [0, 0.1) is 13.8 Å². The highest BCUT2D eigenvalue weighted by Gasteiger charge is 2.20. The molecule has 0 bridgehead atoms. The zero-order valence-electron chi connectivity index (χ0n) is 17.3. The second kappa shape index (κ2) is 7.92. The van der Waals surface area contributed by atoms with E-state index in [1.807, 2.05) is 59.7 Å². The van der Waals surface area contributed by atoms with Gasteiger partial charge in [0.1, 0.15) is 0 Å². The number of thiophene rings is 1. The lowest BCUT2D eigenvalue weighted by molar-refractivity contribution is 0.0732. The van der Waals surface area contributed by atoms with Gasteiger partial charge in [-0.3, -0.25) is 4.79 Å². The number of amides is 1. The topological polar surface area (TPSA) is 63.4 Å². The predicted octanol–water partition coefficient (Wildman–Crippen LogP) is 4.80. The molecule has 3 aromatic heterocycles. The summed E-state index contributed by atoms with van der Waals surface area (Å²) in [5.74, 6) is -0.0108. The van der Waals surface area contributed by atoms with Gasteiger partial charge in [-0.15, -0.1) is 16.4 Å². The Morgan fingerprint density at radius 1 is 1.00 bits per heavy atom. The molecule has 6 nitrogen and oxygen atoms in total. The van der Waals surface area contributed by atoms with Gasteiger partial charge in [-0.1, -0.05) is 35.4 Å². The Morgan fingerprint density at radius 2 is 1.81 bits per heavy atom. The second-order valence-corrected chi connectivity index (χ2v) is 8.78. The molecule has 0 radical (unpaired) electrons. The summed E-state index contributed by atoms with van der Waals surface area (Å²) in [6.45, 7) is 5.03. The zero-order valence-corrected chi connectivity index (χ0v) is 18.1. The van der Waals surface area contributed by atoms with Crippen molar-refractivity contribution in [3.05, 3.63) is 93.2 Å². The molecule has 31 heavy (non-hydrogen) atoms. The number of nitrogens with zero attached hydrogens (tertiary/aromatic N) is 5. The van der Waals surface area contributed by atoms with Gasteiger partial charge in [-0.05, 0) is 66.1 Å². The van der Waals surface area contributed by atoms with E-state index >= 15 is 0 Å². The van der Waals surface area contributed by atoms with E-state index in [1.165, 1.54) is 0 Å². The quantitative estimate of drug-likeness (QED) is 0.404. The van der Waals surface area contributed by atoms with Crippen molar-refractivity contribution >= 4 is 33.8 Å². The second-order valence-electron chi connectivity index (χ2n) is 7.75. The van der Waals surface area contributed by atoms with Gasteiger partial charge >= 0.3 is 0 Å². The molecule has 0 saturated heterocycles. The Bertz CT molecular complexity index is 1370. The summed E-state index contributed by atoms with van der Waals surface area (Å²) in [7, 11) is 0. The summed E-state index contributed by atoms with van der Waals surface area (Å²) < 4.78 is 1.75. The Balaban J connectivity index is 1.58. The number of benzene rings is 2. The summed E-state index contributed by atoms with van der Waals surface area (Å²) >= 11 is 1.65. The average Bonchev–Trinajstić information content (AvgIpc) is 3.45. The maximum absolute atomic E-state index is 13.5. The largest absolute Gasteiger partial charge is 0.329 e. The molecule has 7 heteroatoms. The van der Waals surface area contributed by atoms with Crippen molar-refractivity contribution in [1.82, 2.24) is 24.9 Å². The number of hydrogen-bond donors (Lipinski definition) is 0. The number of carbonyl (C=O) groups excluding carboxylic acids is 1. The fraction of sp³-hybridized carbons (Fsp3) is 0.167. The summed E-state index contributed by atoms with van der Waals surface area (Å²) in [5, 5.41) is 15.4. The van der Waals surface area contributed by atoms with E-state index < -0.39 is 0 Å². The molecular formula is C24H21N5OS. The van der Waals surface area contributed by atoms with Crippen LogP contribution in [0.3, 0.4) is 0 Å². The van der Waals surface area contributed by atoms with Crippen molar-refractivity contribution in [3.63, 3.8) is 0 Å². The van der Waals surface area contributed by atoms with Crippen molar-refractivity contribution in [3.8, 4) is 0 Å². The van der Waals surface area contributed by atoms with E-state index in [9.17, 15) is 4.79 Å². The Hall–Kier alpha value is -3.58. The molecule has 0 N–H and O–H groups in total. The summed E-state index contributed by atoms with van der Waals surface area (Å²) in [6, 6.07) is 20.1. The minimum absolute atomic E-state index is 0.0108. The van der Waals surface area contributed by atoms with E-state index in [1.54, 1.807) is 15.9 Å². The molecule has 5 rings (SSSR count). The molecule has 0 aliphatic rings. The van der Waals surface area contributed by atoms with Crippen LogP contribution in [-0.4, -0.2) is 30.8 Å². The van der Waals surface area contributed by atoms with Crippen LogP contribution in [0.4, 0.5) is 0 Å². The minimum Gasteiger partial charge on any atom is -0.329 e. The number of aryl methyl sites for hydroxylation is 2. The molecule has 0 unspecified atom stereocenters. The van der Waals surface area contributed by atoms with E-state index in [4.69, 9.17) is 0 Å². The SMILES string of the molecule is Cc1ccc(C(=O)N(Cc2cccs2)Cc2cc3cc(C)ccc3n3nnnc23)cc1. The number of carbonyl (C=O) groups is 1. The summed E-state index contributed by atoms with van der Waals surface area (Å²) in [6.07, 6.45) is 0. The molecular weight excluding hydrogens is 406 g/mol. The Kier molecular flexibility index (Phi) is 4.95. The molecule has 0 spiro atoms. The van der Waals surface area contributed by atoms with Gasteiger partial charge in [0.2, 0.25) is 0 Å². The van der Waals surface area contributed by atoms with Crippen LogP contribution >= 0.6 is 11.3 Å². The molecule has 0 fully saturated rings. The van der Waals surface area contributed by atoms with E-state index in [2.05, 4.69) is 40.6 Å². The highest BCUT2D eigenvalue weighted by atomic mass is 32.1. The highest BCUT2D eigenvalue weighted by Crippen LogP contribution is 2.24. The van der Waals surface area contributed by atoms with Gasteiger partial charge in [0.05, 0.1) is 18.6 Å². The van der Waals surface area contributed by atoms with Crippen molar-refractivity contribution in [2.75, 3.05) is 0 Å². The number of rotatable bonds is 5. The van der Waals surface area contributed by atoms with Crippen LogP contribution in [0.15, 0.2) is 66.0 Å². The smallest absolute Gasteiger partial charge is 0.254 e. The predicted molar refractivity (Wildman–Crippen MR) is 122 cm³/mol. The van der Waals surface area contributed by atoms with Crippen molar-refractivity contribution < 1.29 is 4.79 Å². The van der Waals surface area contributed by atoms with Crippen LogP contribution in [0.1, 0.15) is 31.9 Å². The summed E-state index contributed by atoms with van der Waals surface area (Å²) in [5.41, 5.74) is 5.50. The molecule has 0 saturated carbocycles. The standard InChI is InChI=1S/C24H21N5OS/c1-16-5-8-18(9-6-16)24(30)28(15-21-4-3-11-31-21)14-20-13-19-12-17(2)7-10-22(19)29-23(20)25-26-27-29/h3-13H,14-15H2,1-2H3. The lowest BCUT2D eigenvalue weighted by atomic mass is 10.1. The first kappa shape index (κ1) is 19.4. The fourth-order valence-electron chi connectivity index (χ4n) is 3.78. The van der Waals surface area contributed by atoms with E-state index in [-0.39, 0.29) is 5.91 Å². The molecule has 0 aliphatic carbocycles. The monoisotopic (exact) mass is 427 g/mol. The molecule has 0 atom stereocenters. The van der Waals surface area contributed by atoms with Crippen LogP contribution in [-0.2, 0) is 13.1 Å². The maximum atomic E-state index is 13.5. The lowest BCUT2D eigenvalue weighted by Gasteiger charge is -2.23. The normalized spacial score (nSPS) is 11.3. The van der Waals surface area contributed by atoms with Crippen LogP contribution in [0.2, 0.25) is 0 Å². The first-order valence-corrected chi connectivity index (χ1v) is 10.9. The fourth-order valence-corrected chi connectivity index (χ4v) is 4.49. The van der Waals surface area contributed by atoms with Gasteiger partial charge in [0.25, 0.3) is 5.91 Å². The van der Waals surface area contributed by atoms with Crippen LogP contribution < -0.4 is 0 Å². The van der Waals surface area contributed by atoms with E-state index in [0.29, 0.717) is 24.3 Å². The first-order valence-electron chi connectivity index (χ1n) is 10.1. The van der Waals surface area contributed by atoms with Crippen molar-refractivity contribution in [2.24, 2.45) is 0 Å². The van der Waals surface area contributed by atoms with Gasteiger partial charge < -0.3 is 4.90 Å². The highest BCUT2D eigenvalue weighted by molar-refractivity contribution is 7.09. The average molecular weight is 428 g/mol. The molecule has 3 heterocycles. The summed E-state index contributed by atoms with van der Waals surface area (Å²) in [4.78, 5) is 16.4. The number of pyridine rings is 1. The third-order valence-electron chi connectivity index (χ3n) is 5.37. The molecule has 154 valence electrons. The Labute approximate surface area is 183 Å². The number of hydrogen-bond acceptors (Lipinski definition) is 5. The van der Waals surface area contributed by atoms with Gasteiger partial charge in [-0.25, -0.2) is 0 Å². The van der Waals surface area contributed by atoms with Crippen molar-refractivity contribution in [1.29, 1.82) is 0 Å². The zero-order chi connectivity index (χ0) is 21.4. The van der Waals surface area contributed by atoms with Gasteiger partial charge in [-0.2, -0.15) is 4.52 Å².